The topological polar surface area (TPSA) is 90.5 Å². The van der Waals surface area contributed by atoms with Gasteiger partial charge in [0.1, 0.15) is 0 Å². The van der Waals surface area contributed by atoms with Crippen molar-refractivity contribution in [1.82, 2.24) is 16.0 Å². The van der Waals surface area contributed by atoms with Crippen LogP contribution in [-0.4, -0.2) is 42.8 Å². The number of nitrogens with one attached hydrogen (secondary N) is 3. The predicted octanol–water partition coefficient (Wildman–Crippen LogP) is 0.292. The van der Waals surface area contributed by atoms with Gasteiger partial charge in [0.2, 0.25) is 0 Å². The van der Waals surface area contributed by atoms with Crippen molar-refractivity contribution in [2.45, 2.75) is 38.1 Å². The van der Waals surface area contributed by atoms with E-state index in [0.717, 1.165) is 32.4 Å². The lowest BCUT2D eigenvalue weighted by atomic mass is 9.69. The van der Waals surface area contributed by atoms with Crippen LogP contribution in [0.5, 0.6) is 0 Å². The lowest BCUT2D eigenvalue weighted by Crippen LogP contribution is -2.52. The first-order valence-corrected chi connectivity index (χ1v) is 6.61. The molecular weight excluding hydrogens is 234 g/mol. The molecule has 0 bridgehead atoms. The number of amides is 2. The second-order valence-electron chi connectivity index (χ2n) is 5.29. The minimum absolute atomic E-state index is 0.202. The fraction of sp³-hybridized carbons (Fsp3) is 0.833. The number of aliphatic carboxylic acids is 1. The molecule has 1 aliphatic carbocycles. The summed E-state index contributed by atoms with van der Waals surface area (Å²) in [6, 6.07) is -0.0390. The summed E-state index contributed by atoms with van der Waals surface area (Å²) in [4.78, 5) is 22.8. The van der Waals surface area contributed by atoms with E-state index in [1.165, 1.54) is 0 Å². The molecule has 1 heterocycles. The van der Waals surface area contributed by atoms with Gasteiger partial charge in [0, 0.05) is 12.6 Å². The highest BCUT2D eigenvalue weighted by Gasteiger charge is 2.44. The molecule has 6 heteroatoms. The van der Waals surface area contributed by atoms with Crippen LogP contribution in [0.1, 0.15) is 32.1 Å². The Balaban J connectivity index is 1.72. The molecule has 0 atom stereocenters. The number of hydrogen-bond acceptors (Lipinski definition) is 3. The Morgan fingerprint density at radius 2 is 1.94 bits per heavy atom. The van der Waals surface area contributed by atoms with Crippen LogP contribution in [0, 0.1) is 5.41 Å². The number of hydrogen-bond donors (Lipinski definition) is 4. The van der Waals surface area contributed by atoms with Gasteiger partial charge in [-0.2, -0.15) is 0 Å². The van der Waals surface area contributed by atoms with Crippen LogP contribution in [0.3, 0.4) is 0 Å². The lowest BCUT2D eigenvalue weighted by Gasteiger charge is -2.37. The smallest absolute Gasteiger partial charge is 0.315 e. The SMILES string of the molecule is O=C(NCC1(C(=O)O)CCC1)NC1CCNCC1. The maximum Gasteiger partial charge on any atom is 0.315 e. The molecular formula is C12H21N3O3. The van der Waals surface area contributed by atoms with E-state index < -0.39 is 11.4 Å². The van der Waals surface area contributed by atoms with Crippen molar-refractivity contribution in [3.8, 4) is 0 Å². The molecule has 1 saturated carbocycles. The first-order chi connectivity index (χ1) is 8.62. The zero-order valence-electron chi connectivity index (χ0n) is 10.5. The molecule has 0 unspecified atom stereocenters. The molecule has 0 spiro atoms. The number of carbonyl (C=O) groups is 2. The van der Waals surface area contributed by atoms with Crippen LogP contribution in [0.2, 0.25) is 0 Å². The fourth-order valence-electron chi connectivity index (χ4n) is 2.52. The summed E-state index contributed by atoms with van der Waals surface area (Å²) in [5, 5.41) is 18.0. The van der Waals surface area contributed by atoms with E-state index in [1.807, 2.05) is 0 Å². The van der Waals surface area contributed by atoms with E-state index in [4.69, 9.17) is 5.11 Å². The first kappa shape index (κ1) is 13.1. The zero-order chi connectivity index (χ0) is 13.0. The van der Waals surface area contributed by atoms with Gasteiger partial charge in [-0.15, -0.1) is 0 Å². The Kier molecular flexibility index (Phi) is 4.06. The Bertz CT molecular complexity index is 323. The van der Waals surface area contributed by atoms with Crippen molar-refractivity contribution in [1.29, 1.82) is 0 Å². The molecule has 2 amide bonds. The lowest BCUT2D eigenvalue weighted by molar-refractivity contribution is -0.153. The van der Waals surface area contributed by atoms with E-state index in [2.05, 4.69) is 16.0 Å². The molecule has 0 aromatic carbocycles. The Morgan fingerprint density at radius 1 is 1.28 bits per heavy atom. The first-order valence-electron chi connectivity index (χ1n) is 6.61. The Hall–Kier alpha value is -1.30. The molecule has 4 N–H and O–H groups in total. The molecule has 1 saturated heterocycles. The van der Waals surface area contributed by atoms with E-state index in [1.54, 1.807) is 0 Å². The van der Waals surface area contributed by atoms with Gasteiger partial charge in [-0.1, -0.05) is 6.42 Å². The molecule has 2 fully saturated rings. The molecule has 1 aliphatic heterocycles. The molecule has 102 valence electrons. The van der Waals surface area contributed by atoms with Crippen molar-refractivity contribution < 1.29 is 14.7 Å². The summed E-state index contributed by atoms with van der Waals surface area (Å²) >= 11 is 0. The van der Waals surface area contributed by atoms with Crippen LogP contribution in [0.4, 0.5) is 4.79 Å². The van der Waals surface area contributed by atoms with Crippen LogP contribution in [0.15, 0.2) is 0 Å². The number of rotatable bonds is 4. The third-order valence-electron chi connectivity index (χ3n) is 4.03. The van der Waals surface area contributed by atoms with E-state index in [0.29, 0.717) is 12.8 Å². The third-order valence-corrected chi connectivity index (χ3v) is 4.03. The van der Waals surface area contributed by atoms with Gasteiger partial charge >= 0.3 is 12.0 Å². The summed E-state index contributed by atoms with van der Waals surface area (Å²) in [5.41, 5.74) is -0.717. The van der Waals surface area contributed by atoms with Crippen molar-refractivity contribution in [3.63, 3.8) is 0 Å². The number of carbonyl (C=O) groups excluding carboxylic acids is 1. The highest BCUT2D eigenvalue weighted by Crippen LogP contribution is 2.40. The standard InChI is InChI=1S/C12H21N3O3/c16-10(17)12(4-1-5-12)8-14-11(18)15-9-2-6-13-7-3-9/h9,13H,1-8H2,(H,16,17)(H2,14,15,18). The second-order valence-corrected chi connectivity index (χ2v) is 5.29. The highest BCUT2D eigenvalue weighted by molar-refractivity contribution is 5.79. The highest BCUT2D eigenvalue weighted by atomic mass is 16.4. The van der Waals surface area contributed by atoms with Gasteiger partial charge in [0.25, 0.3) is 0 Å². The average molecular weight is 255 g/mol. The van der Waals surface area contributed by atoms with E-state index >= 15 is 0 Å². The minimum atomic E-state index is -0.795. The van der Waals surface area contributed by atoms with Crippen molar-refractivity contribution in [3.05, 3.63) is 0 Å². The molecule has 0 aromatic rings. The van der Waals surface area contributed by atoms with Crippen LogP contribution in [-0.2, 0) is 4.79 Å². The third kappa shape index (κ3) is 2.93. The summed E-state index contributed by atoms with van der Waals surface area (Å²) < 4.78 is 0. The molecule has 0 aromatic heterocycles. The minimum Gasteiger partial charge on any atom is -0.481 e. The molecule has 18 heavy (non-hydrogen) atoms. The molecule has 2 aliphatic rings. The summed E-state index contributed by atoms with van der Waals surface area (Å²) in [7, 11) is 0. The second kappa shape index (κ2) is 5.56. The maximum atomic E-state index is 11.7. The van der Waals surface area contributed by atoms with Crippen molar-refractivity contribution in [2.75, 3.05) is 19.6 Å². The fourth-order valence-corrected chi connectivity index (χ4v) is 2.52. The van der Waals surface area contributed by atoms with Gasteiger partial charge in [-0.3, -0.25) is 4.79 Å². The number of carboxylic acids is 1. The summed E-state index contributed by atoms with van der Waals surface area (Å²) in [5.74, 6) is -0.795. The molecule has 2 rings (SSSR count). The van der Waals surface area contributed by atoms with Gasteiger partial charge in [-0.25, -0.2) is 4.79 Å². The monoisotopic (exact) mass is 255 g/mol. The van der Waals surface area contributed by atoms with Gasteiger partial charge in [0.05, 0.1) is 5.41 Å². The van der Waals surface area contributed by atoms with Gasteiger partial charge < -0.3 is 21.1 Å². The summed E-state index contributed by atoms with van der Waals surface area (Å²) in [6.45, 7) is 2.08. The normalized spacial score (nSPS) is 22.9. The van der Waals surface area contributed by atoms with Crippen molar-refractivity contribution >= 4 is 12.0 Å². The predicted molar refractivity (Wildman–Crippen MR) is 66.3 cm³/mol. The number of piperidine rings is 1. The van der Waals surface area contributed by atoms with E-state index in [-0.39, 0.29) is 18.6 Å². The summed E-state index contributed by atoms with van der Waals surface area (Å²) in [6.07, 6.45) is 4.12. The maximum absolute atomic E-state index is 11.7. The quantitative estimate of drug-likeness (QED) is 0.581. The number of carboxylic acid groups (broad SMARTS) is 1. The van der Waals surface area contributed by atoms with Crippen molar-refractivity contribution in [2.24, 2.45) is 5.41 Å². The van der Waals surface area contributed by atoms with Gasteiger partial charge in [0.15, 0.2) is 0 Å². The average Bonchev–Trinajstić information content (AvgIpc) is 2.28. The van der Waals surface area contributed by atoms with Crippen LogP contribution < -0.4 is 16.0 Å². The zero-order valence-corrected chi connectivity index (χ0v) is 10.5. The number of urea groups is 1. The van der Waals surface area contributed by atoms with Crippen LogP contribution in [0.25, 0.3) is 0 Å². The van der Waals surface area contributed by atoms with E-state index in [9.17, 15) is 9.59 Å². The molecule has 0 radical (unpaired) electrons. The van der Waals surface area contributed by atoms with Gasteiger partial charge in [-0.05, 0) is 38.8 Å². The largest absolute Gasteiger partial charge is 0.481 e. The molecule has 6 nitrogen and oxygen atoms in total. The Labute approximate surface area is 107 Å². The Morgan fingerprint density at radius 3 is 2.44 bits per heavy atom. The van der Waals surface area contributed by atoms with Crippen LogP contribution >= 0.6 is 0 Å².